The maximum absolute atomic E-state index is 11.8. The molecule has 0 aromatic heterocycles. The van der Waals surface area contributed by atoms with Crippen molar-refractivity contribution in [2.75, 3.05) is 0 Å². The molecule has 1 fully saturated rings. The summed E-state index contributed by atoms with van der Waals surface area (Å²) in [6.07, 6.45) is 0.691. The highest BCUT2D eigenvalue weighted by Crippen LogP contribution is 2.78. The zero-order chi connectivity index (χ0) is 23.5. The molecule has 1 saturated heterocycles. The van der Waals surface area contributed by atoms with Crippen molar-refractivity contribution in [1.82, 2.24) is 0 Å². The minimum Gasteiger partial charge on any atom is -0.263 e. The van der Waals surface area contributed by atoms with E-state index in [1.54, 1.807) is 0 Å². The van der Waals surface area contributed by atoms with Gasteiger partial charge in [-0.1, -0.05) is 0 Å². The van der Waals surface area contributed by atoms with Crippen LogP contribution in [0.4, 0.5) is 17.1 Å². The standard InChI is InChI=1S/C12H4N6O12S/c19-13(20)5-1-7(15(23)24)10(8(2-5)16(25)26)12-9(17(27)28)3-6(14(21)22)4-11(12,31-12)18(29)30/h1-4H. The van der Waals surface area contributed by atoms with E-state index >= 15 is 0 Å². The Morgan fingerprint density at radius 2 is 1.23 bits per heavy atom. The molecule has 2 unspecified atom stereocenters. The third kappa shape index (κ3) is 2.74. The summed E-state index contributed by atoms with van der Waals surface area (Å²) in [5.74, 6) is 0. The van der Waals surface area contributed by atoms with Crippen molar-refractivity contribution in [2.45, 2.75) is 9.62 Å². The molecular formula is C12H4N6O12S. The Labute approximate surface area is 170 Å². The van der Waals surface area contributed by atoms with Gasteiger partial charge in [-0.2, -0.15) is 0 Å². The monoisotopic (exact) mass is 456 g/mol. The molecule has 160 valence electrons. The fraction of sp³-hybridized carbons (Fsp3) is 0.167. The summed E-state index contributed by atoms with van der Waals surface area (Å²) in [7, 11) is 0. The highest BCUT2D eigenvalue weighted by atomic mass is 32.2. The Bertz CT molecular complexity index is 1170. The molecule has 18 nitrogen and oxygen atoms in total. The van der Waals surface area contributed by atoms with Gasteiger partial charge in [0.1, 0.15) is 5.56 Å². The fourth-order valence-electron chi connectivity index (χ4n) is 3.27. The number of rotatable bonds is 7. The Hall–Kier alpha value is -4.55. The van der Waals surface area contributed by atoms with Gasteiger partial charge in [-0.15, -0.1) is 0 Å². The van der Waals surface area contributed by atoms with Crippen LogP contribution in [0.2, 0.25) is 0 Å². The Morgan fingerprint density at radius 3 is 1.58 bits per heavy atom. The first-order valence-electron chi connectivity index (χ1n) is 7.50. The van der Waals surface area contributed by atoms with Crippen LogP contribution in [0, 0.1) is 60.7 Å². The third-order valence-electron chi connectivity index (χ3n) is 4.48. The van der Waals surface area contributed by atoms with Crippen molar-refractivity contribution >= 4 is 28.8 Å². The summed E-state index contributed by atoms with van der Waals surface area (Å²) < 4.78 is -2.72. The van der Waals surface area contributed by atoms with E-state index in [1.807, 2.05) is 0 Å². The quantitative estimate of drug-likeness (QED) is 0.321. The number of hydrogen-bond donors (Lipinski definition) is 0. The molecule has 2 atom stereocenters. The molecule has 1 aliphatic carbocycles. The maximum atomic E-state index is 11.8. The number of non-ortho nitro benzene ring substituents is 1. The third-order valence-corrected chi connectivity index (χ3v) is 6.19. The SMILES string of the molecule is O=[N+]([O-])C1=CC2([N+](=O)[O-])SC2(c2c([N+](=O)[O-])cc([N+](=O)[O-])cc2[N+](=O)[O-])C([N+](=O)[O-])=C1. The second-order valence-electron chi connectivity index (χ2n) is 5.98. The molecule has 0 bridgehead atoms. The molecule has 19 heteroatoms. The van der Waals surface area contributed by atoms with Crippen LogP contribution in [0.3, 0.4) is 0 Å². The highest BCUT2D eigenvalue weighted by Gasteiger charge is 2.90. The molecule has 0 radical (unpaired) electrons. The van der Waals surface area contributed by atoms with Gasteiger partial charge in [-0.25, -0.2) is 0 Å². The van der Waals surface area contributed by atoms with Gasteiger partial charge in [-0.05, 0) is 11.8 Å². The molecule has 1 aromatic rings. The van der Waals surface area contributed by atoms with E-state index in [0.29, 0.717) is 12.2 Å². The van der Waals surface area contributed by atoms with Gasteiger partial charge in [0.05, 0.1) is 48.9 Å². The van der Waals surface area contributed by atoms with Crippen molar-refractivity contribution < 1.29 is 29.5 Å². The van der Waals surface area contributed by atoms with Crippen molar-refractivity contribution in [2.24, 2.45) is 0 Å². The number of allylic oxidation sites excluding steroid dienone is 1. The number of nitro benzene ring substituents is 3. The maximum Gasteiger partial charge on any atom is 0.323 e. The van der Waals surface area contributed by atoms with Gasteiger partial charge in [0, 0.05) is 4.92 Å². The lowest BCUT2D eigenvalue weighted by Crippen LogP contribution is -2.38. The molecule has 0 spiro atoms. The smallest absolute Gasteiger partial charge is 0.263 e. The van der Waals surface area contributed by atoms with Crippen LogP contribution in [0.25, 0.3) is 0 Å². The van der Waals surface area contributed by atoms with Crippen LogP contribution in [0.15, 0.2) is 35.7 Å². The van der Waals surface area contributed by atoms with Gasteiger partial charge in [-0.3, -0.25) is 60.7 Å². The summed E-state index contributed by atoms with van der Waals surface area (Å²) >= 11 is 0.0216. The van der Waals surface area contributed by atoms with Crippen molar-refractivity contribution in [3.8, 4) is 0 Å². The minimum atomic E-state index is -2.77. The van der Waals surface area contributed by atoms with E-state index in [2.05, 4.69) is 0 Å². The first kappa shape index (κ1) is 21.2. The topological polar surface area (TPSA) is 259 Å². The average molecular weight is 456 g/mol. The summed E-state index contributed by atoms with van der Waals surface area (Å²) in [4.78, 5) is 58.4. The van der Waals surface area contributed by atoms with Crippen LogP contribution in [0.1, 0.15) is 5.56 Å². The van der Waals surface area contributed by atoms with Gasteiger partial charge >= 0.3 is 4.87 Å². The first-order valence-corrected chi connectivity index (χ1v) is 8.32. The summed E-state index contributed by atoms with van der Waals surface area (Å²) in [5, 5.41) is 68.7. The fourth-order valence-corrected chi connectivity index (χ4v) is 4.83. The second-order valence-corrected chi connectivity index (χ2v) is 7.42. The molecule has 0 N–H and O–H groups in total. The average Bonchev–Trinajstić information content (AvgIpc) is 3.37. The molecule has 1 aromatic carbocycles. The Morgan fingerprint density at radius 1 is 0.710 bits per heavy atom. The summed E-state index contributed by atoms with van der Waals surface area (Å²) in [6.45, 7) is 0. The van der Waals surface area contributed by atoms with Gasteiger partial charge < -0.3 is 0 Å². The molecule has 31 heavy (non-hydrogen) atoms. The van der Waals surface area contributed by atoms with E-state index < -0.39 is 73.2 Å². The van der Waals surface area contributed by atoms with E-state index in [0.717, 1.165) is 0 Å². The van der Waals surface area contributed by atoms with Gasteiger partial charge in [0.2, 0.25) is 4.75 Å². The molecule has 3 rings (SSSR count). The minimum absolute atomic E-state index is 0.0216. The van der Waals surface area contributed by atoms with Gasteiger partial charge in [0.25, 0.3) is 28.5 Å². The number of thioether (sulfide) groups is 1. The second kappa shape index (κ2) is 6.48. The largest absolute Gasteiger partial charge is 0.323 e. The zero-order valence-corrected chi connectivity index (χ0v) is 15.1. The van der Waals surface area contributed by atoms with E-state index in [-0.39, 0.29) is 23.9 Å². The Balaban J connectivity index is 2.50. The first-order chi connectivity index (χ1) is 14.3. The summed E-state index contributed by atoms with van der Waals surface area (Å²) in [6, 6.07) is 0.538. The number of nitro groups is 6. The van der Waals surface area contributed by atoms with E-state index in [9.17, 15) is 60.7 Å². The number of nitrogens with zero attached hydrogens (tertiary/aromatic N) is 6. The van der Waals surface area contributed by atoms with Crippen molar-refractivity contribution in [1.29, 1.82) is 0 Å². The normalized spacial score (nSPS) is 23.6. The van der Waals surface area contributed by atoms with Gasteiger partial charge in [0.15, 0.2) is 0 Å². The van der Waals surface area contributed by atoms with Crippen molar-refractivity contribution in [3.63, 3.8) is 0 Å². The van der Waals surface area contributed by atoms with E-state index in [1.165, 1.54) is 0 Å². The lowest BCUT2D eigenvalue weighted by atomic mass is 9.82. The zero-order valence-electron chi connectivity index (χ0n) is 14.3. The molecule has 1 aliphatic heterocycles. The molecule has 0 amide bonds. The number of benzene rings is 1. The molecule has 2 aliphatic rings. The summed E-state index contributed by atoms with van der Waals surface area (Å²) in [5.41, 5.74) is -7.35. The predicted molar refractivity (Wildman–Crippen MR) is 95.6 cm³/mol. The van der Waals surface area contributed by atoms with Crippen LogP contribution in [0.5, 0.6) is 0 Å². The molecule has 1 heterocycles. The Kier molecular flexibility index (Phi) is 4.43. The molecular weight excluding hydrogens is 452 g/mol. The van der Waals surface area contributed by atoms with Crippen LogP contribution in [-0.2, 0) is 4.75 Å². The molecule has 0 saturated carbocycles. The lowest BCUT2D eigenvalue weighted by Gasteiger charge is -2.16. The number of hydrogen-bond acceptors (Lipinski definition) is 13. The van der Waals surface area contributed by atoms with Crippen LogP contribution >= 0.6 is 11.8 Å². The van der Waals surface area contributed by atoms with Crippen LogP contribution in [-0.4, -0.2) is 34.4 Å². The predicted octanol–water partition coefficient (Wildman–Crippen LogP) is 1.66. The van der Waals surface area contributed by atoms with Crippen molar-refractivity contribution in [3.05, 3.63) is 102 Å². The highest BCUT2D eigenvalue weighted by molar-refractivity contribution is 8.09. The van der Waals surface area contributed by atoms with E-state index in [4.69, 9.17) is 0 Å². The van der Waals surface area contributed by atoms with Crippen LogP contribution < -0.4 is 0 Å². The number of fused-ring (bicyclic) bond motifs is 1. The lowest BCUT2D eigenvalue weighted by molar-refractivity contribution is -0.530.